The van der Waals surface area contributed by atoms with Crippen LogP contribution in [0.3, 0.4) is 0 Å². The third-order valence-corrected chi connectivity index (χ3v) is 9.95. The molecule has 210 valence electrons. The van der Waals surface area contributed by atoms with Crippen LogP contribution in [0, 0.1) is 5.92 Å². The topological polar surface area (TPSA) is 81.8 Å². The first kappa shape index (κ1) is 28.4. The fraction of sp³-hybridized carbons (Fsp3) is 0.355. The van der Waals surface area contributed by atoms with Gasteiger partial charge in [0.15, 0.2) is 5.11 Å². The molecule has 0 bridgehead atoms. The Morgan fingerprint density at radius 3 is 1.88 bits per heavy atom. The molecule has 1 saturated carbocycles. The number of carbonyl (C=O) groups is 1. The first-order valence-electron chi connectivity index (χ1n) is 14.0. The molecule has 1 heterocycles. The molecule has 0 spiro atoms. The lowest BCUT2D eigenvalue weighted by Crippen LogP contribution is -2.49. The number of thiocarbonyl (C=S) groups is 1. The molecule has 1 aliphatic heterocycles. The summed E-state index contributed by atoms with van der Waals surface area (Å²) >= 11 is 5.32. The Bertz CT molecular complexity index is 1350. The minimum atomic E-state index is -3.64. The molecule has 1 aliphatic carbocycles. The quantitative estimate of drug-likeness (QED) is 0.378. The van der Waals surface area contributed by atoms with E-state index < -0.39 is 10.0 Å². The molecule has 7 nitrogen and oxygen atoms in total. The van der Waals surface area contributed by atoms with Gasteiger partial charge in [-0.25, -0.2) is 8.42 Å². The summed E-state index contributed by atoms with van der Waals surface area (Å²) in [5, 5.41) is 6.02. The largest absolute Gasteiger partial charge is 0.332 e. The smallest absolute Gasteiger partial charge is 0.243 e. The minimum absolute atomic E-state index is 0.0113. The van der Waals surface area contributed by atoms with Crippen molar-refractivity contribution in [3.63, 3.8) is 0 Å². The second-order valence-corrected chi connectivity index (χ2v) is 12.8. The van der Waals surface area contributed by atoms with Crippen LogP contribution in [0.25, 0.3) is 0 Å². The Balaban J connectivity index is 1.20. The Hall–Kier alpha value is -3.11. The second kappa shape index (κ2) is 13.0. The third-order valence-electron chi connectivity index (χ3n) is 7.83. The predicted octanol–water partition coefficient (Wildman–Crippen LogP) is 5.18. The number of sulfonamides is 1. The number of carbonyl (C=O) groups excluding carboxylic acids is 1. The highest BCUT2D eigenvalue weighted by Gasteiger charge is 2.32. The molecule has 2 fully saturated rings. The number of nitrogens with one attached hydrogen (secondary N) is 2. The van der Waals surface area contributed by atoms with Crippen LogP contribution in [0.15, 0.2) is 89.8 Å². The number of amides is 1. The summed E-state index contributed by atoms with van der Waals surface area (Å²) in [6.45, 7) is 2.08. The van der Waals surface area contributed by atoms with Crippen LogP contribution in [0.4, 0.5) is 5.69 Å². The van der Waals surface area contributed by atoms with Crippen molar-refractivity contribution in [3.05, 3.63) is 96.1 Å². The predicted molar refractivity (Wildman–Crippen MR) is 162 cm³/mol. The average molecular weight is 577 g/mol. The van der Waals surface area contributed by atoms with Crippen molar-refractivity contribution in [3.8, 4) is 0 Å². The normalized spacial score (nSPS) is 17.4. The van der Waals surface area contributed by atoms with E-state index in [0.29, 0.717) is 31.9 Å². The SMILES string of the molecule is O=C(NC(=S)Nc1ccc(S(=O)(=O)N2CCN(C(c3ccccc3)c3ccccc3)CC2)cc1)C1CCCCC1. The zero-order chi connectivity index (χ0) is 28.0. The number of hydrogen-bond donors (Lipinski definition) is 2. The maximum absolute atomic E-state index is 13.5. The minimum Gasteiger partial charge on any atom is -0.332 e. The highest BCUT2D eigenvalue weighted by molar-refractivity contribution is 7.89. The summed E-state index contributed by atoms with van der Waals surface area (Å²) in [7, 11) is -3.64. The highest BCUT2D eigenvalue weighted by Crippen LogP contribution is 2.30. The van der Waals surface area contributed by atoms with Crippen LogP contribution in [0.5, 0.6) is 0 Å². The molecule has 3 aromatic rings. The summed E-state index contributed by atoms with van der Waals surface area (Å²) in [6, 6.07) is 27.3. The van der Waals surface area contributed by atoms with Crippen LogP contribution < -0.4 is 10.6 Å². The van der Waals surface area contributed by atoms with Gasteiger partial charge in [0, 0.05) is 37.8 Å². The number of nitrogens with zero attached hydrogens (tertiary/aromatic N) is 2. The van der Waals surface area contributed by atoms with Crippen LogP contribution in [0.1, 0.15) is 49.3 Å². The van der Waals surface area contributed by atoms with Gasteiger partial charge in [0.25, 0.3) is 0 Å². The van der Waals surface area contributed by atoms with Crippen molar-refractivity contribution in [1.82, 2.24) is 14.5 Å². The van der Waals surface area contributed by atoms with Gasteiger partial charge in [-0.05, 0) is 60.5 Å². The van der Waals surface area contributed by atoms with E-state index in [-0.39, 0.29) is 27.9 Å². The highest BCUT2D eigenvalue weighted by atomic mass is 32.2. The summed E-state index contributed by atoms with van der Waals surface area (Å²) in [4.78, 5) is 15.1. The van der Waals surface area contributed by atoms with Crippen molar-refractivity contribution in [2.75, 3.05) is 31.5 Å². The second-order valence-electron chi connectivity index (χ2n) is 10.5. The maximum atomic E-state index is 13.5. The molecule has 2 aliphatic rings. The Morgan fingerprint density at radius 1 is 0.775 bits per heavy atom. The van der Waals surface area contributed by atoms with Crippen LogP contribution in [0.2, 0.25) is 0 Å². The number of benzene rings is 3. The molecule has 2 N–H and O–H groups in total. The third kappa shape index (κ3) is 6.78. The lowest BCUT2D eigenvalue weighted by atomic mass is 9.89. The monoisotopic (exact) mass is 576 g/mol. The van der Waals surface area contributed by atoms with Crippen molar-refractivity contribution >= 4 is 38.9 Å². The molecule has 5 rings (SSSR count). The summed E-state index contributed by atoms with van der Waals surface area (Å²) in [6.07, 6.45) is 5.12. The first-order valence-corrected chi connectivity index (χ1v) is 15.8. The Kier molecular flexibility index (Phi) is 9.26. The van der Waals surface area contributed by atoms with Crippen LogP contribution in [-0.4, -0.2) is 54.8 Å². The van der Waals surface area contributed by atoms with Crippen LogP contribution >= 0.6 is 12.2 Å². The number of anilines is 1. The van der Waals surface area contributed by atoms with E-state index in [0.717, 1.165) is 25.7 Å². The molecule has 0 unspecified atom stereocenters. The lowest BCUT2D eigenvalue weighted by Gasteiger charge is -2.39. The van der Waals surface area contributed by atoms with E-state index in [1.807, 2.05) is 36.4 Å². The van der Waals surface area contributed by atoms with Crippen LogP contribution in [-0.2, 0) is 14.8 Å². The molecular weight excluding hydrogens is 541 g/mol. The van der Waals surface area contributed by atoms with Gasteiger partial charge in [-0.3, -0.25) is 9.69 Å². The molecule has 3 aromatic carbocycles. The summed E-state index contributed by atoms with van der Waals surface area (Å²) < 4.78 is 28.5. The first-order chi connectivity index (χ1) is 19.4. The number of piperazine rings is 1. The molecule has 0 radical (unpaired) electrons. The van der Waals surface area contributed by atoms with Gasteiger partial charge in [0.05, 0.1) is 10.9 Å². The summed E-state index contributed by atoms with van der Waals surface area (Å²) in [5.41, 5.74) is 3.02. The van der Waals surface area contributed by atoms with E-state index in [9.17, 15) is 13.2 Å². The standard InChI is InChI=1S/C31H36N4O3S2/c36-30(26-14-8-3-9-15-26)33-31(39)32-27-16-18-28(19-17-27)40(37,38)35-22-20-34(21-23-35)29(24-10-4-1-5-11-24)25-12-6-2-7-13-25/h1-2,4-7,10-13,16-19,26,29H,3,8-9,14-15,20-23H2,(H2,32,33,36,39). The maximum Gasteiger partial charge on any atom is 0.243 e. The zero-order valence-electron chi connectivity index (χ0n) is 22.5. The fourth-order valence-electron chi connectivity index (χ4n) is 5.69. The zero-order valence-corrected chi connectivity index (χ0v) is 24.2. The van der Waals surface area contributed by atoms with Gasteiger partial charge >= 0.3 is 0 Å². The molecule has 0 atom stereocenters. The molecule has 1 amide bonds. The number of hydrogen-bond acceptors (Lipinski definition) is 5. The van der Waals surface area contributed by atoms with Gasteiger partial charge in [0.2, 0.25) is 15.9 Å². The van der Waals surface area contributed by atoms with E-state index >= 15 is 0 Å². The number of rotatable bonds is 7. The van der Waals surface area contributed by atoms with Crippen molar-refractivity contribution in [2.45, 2.75) is 43.0 Å². The Labute approximate surface area is 242 Å². The Morgan fingerprint density at radius 2 is 1.32 bits per heavy atom. The fourth-order valence-corrected chi connectivity index (χ4v) is 7.33. The van der Waals surface area contributed by atoms with Crippen molar-refractivity contribution in [1.29, 1.82) is 0 Å². The van der Waals surface area contributed by atoms with Gasteiger partial charge in [-0.1, -0.05) is 79.9 Å². The van der Waals surface area contributed by atoms with Gasteiger partial charge in [-0.2, -0.15) is 4.31 Å². The average Bonchev–Trinajstić information content (AvgIpc) is 2.99. The lowest BCUT2D eigenvalue weighted by molar-refractivity contribution is -0.124. The molecule has 0 aromatic heterocycles. The summed E-state index contributed by atoms with van der Waals surface area (Å²) in [5.74, 6) is -0.0329. The van der Waals surface area contributed by atoms with Gasteiger partial charge in [0.1, 0.15) is 0 Å². The molecule has 40 heavy (non-hydrogen) atoms. The van der Waals surface area contributed by atoms with Gasteiger partial charge in [-0.15, -0.1) is 0 Å². The van der Waals surface area contributed by atoms with Gasteiger partial charge < -0.3 is 10.6 Å². The van der Waals surface area contributed by atoms with E-state index in [2.05, 4.69) is 39.8 Å². The van der Waals surface area contributed by atoms with Crippen molar-refractivity contribution in [2.24, 2.45) is 5.92 Å². The van der Waals surface area contributed by atoms with E-state index in [4.69, 9.17) is 12.2 Å². The van der Waals surface area contributed by atoms with Crippen molar-refractivity contribution < 1.29 is 13.2 Å². The van der Waals surface area contributed by atoms with E-state index in [1.54, 1.807) is 28.6 Å². The van der Waals surface area contributed by atoms with E-state index in [1.165, 1.54) is 17.5 Å². The molecular formula is C31H36N4O3S2. The molecule has 1 saturated heterocycles. The molecule has 9 heteroatoms.